The molecular formula is C7H8BF. The van der Waals surface area contributed by atoms with Gasteiger partial charge in [-0.05, 0) is 5.56 Å². The molecule has 0 saturated carbocycles. The number of hydrogen-bond acceptors (Lipinski definition) is 0. The van der Waals surface area contributed by atoms with E-state index < -0.39 is 0 Å². The highest BCUT2D eigenvalue weighted by Crippen LogP contribution is 1.96. The van der Waals surface area contributed by atoms with Crippen molar-refractivity contribution in [2.75, 3.05) is 0 Å². The highest BCUT2D eigenvalue weighted by molar-refractivity contribution is 6.32. The maximum absolute atomic E-state index is 11.9. The average molecular weight is 122 g/mol. The van der Waals surface area contributed by atoms with Crippen LogP contribution in [0.15, 0.2) is 24.3 Å². The molecule has 0 aliphatic rings. The molecule has 1 aromatic rings. The first-order valence-electron chi connectivity index (χ1n) is 2.94. The van der Waals surface area contributed by atoms with Crippen molar-refractivity contribution in [2.45, 2.75) is 6.67 Å². The Balaban J connectivity index is 2.88. The number of halogens is 1. The van der Waals surface area contributed by atoms with E-state index in [9.17, 15) is 4.39 Å². The summed E-state index contributed by atoms with van der Waals surface area (Å²) < 4.78 is 11.9. The first-order valence-corrected chi connectivity index (χ1v) is 2.94. The zero-order valence-corrected chi connectivity index (χ0v) is 5.39. The van der Waals surface area contributed by atoms with Gasteiger partial charge in [-0.2, -0.15) is 0 Å². The van der Waals surface area contributed by atoms with Crippen LogP contribution in [0.25, 0.3) is 0 Å². The molecule has 0 spiro atoms. The highest BCUT2D eigenvalue weighted by Gasteiger charge is 1.87. The van der Waals surface area contributed by atoms with E-state index in [1.54, 1.807) is 12.1 Å². The van der Waals surface area contributed by atoms with Gasteiger partial charge in [-0.1, -0.05) is 29.7 Å². The molecular weight excluding hydrogens is 114 g/mol. The summed E-state index contributed by atoms with van der Waals surface area (Å²) in [6, 6.07) is 7.43. The van der Waals surface area contributed by atoms with Crippen molar-refractivity contribution in [2.24, 2.45) is 0 Å². The van der Waals surface area contributed by atoms with Crippen molar-refractivity contribution >= 4 is 13.3 Å². The van der Waals surface area contributed by atoms with Gasteiger partial charge in [0.15, 0.2) is 0 Å². The van der Waals surface area contributed by atoms with Crippen LogP contribution in [0.3, 0.4) is 0 Å². The predicted molar refractivity (Wildman–Crippen MR) is 39.4 cm³/mol. The Hall–Kier alpha value is -0.785. The van der Waals surface area contributed by atoms with Gasteiger partial charge in [0.05, 0.1) is 0 Å². The van der Waals surface area contributed by atoms with Gasteiger partial charge in [0.25, 0.3) is 0 Å². The average Bonchev–Trinajstić information content (AvgIpc) is 1.90. The van der Waals surface area contributed by atoms with E-state index in [0.717, 1.165) is 5.56 Å². The van der Waals surface area contributed by atoms with Crippen molar-refractivity contribution in [1.82, 2.24) is 0 Å². The largest absolute Gasteiger partial charge is 0.246 e. The summed E-state index contributed by atoms with van der Waals surface area (Å²) in [5.41, 5.74) is 1.92. The fourth-order valence-corrected chi connectivity index (χ4v) is 0.677. The Bertz CT molecular complexity index is 181. The molecule has 0 unspecified atom stereocenters. The van der Waals surface area contributed by atoms with E-state index in [1.807, 2.05) is 20.0 Å². The molecule has 2 heteroatoms. The van der Waals surface area contributed by atoms with Gasteiger partial charge in [0.2, 0.25) is 0 Å². The van der Waals surface area contributed by atoms with Crippen LogP contribution in [0.2, 0.25) is 0 Å². The third-order valence-corrected chi connectivity index (χ3v) is 1.27. The number of benzene rings is 1. The number of rotatable bonds is 1. The SMILES string of the molecule is Bc1ccc(CF)cc1. The van der Waals surface area contributed by atoms with E-state index in [0.29, 0.717) is 0 Å². The second-order valence-corrected chi connectivity index (χ2v) is 2.12. The van der Waals surface area contributed by atoms with Crippen molar-refractivity contribution in [3.63, 3.8) is 0 Å². The van der Waals surface area contributed by atoms with Gasteiger partial charge >= 0.3 is 0 Å². The molecule has 1 rings (SSSR count). The van der Waals surface area contributed by atoms with Crippen LogP contribution in [0.4, 0.5) is 4.39 Å². The van der Waals surface area contributed by atoms with Crippen LogP contribution < -0.4 is 5.46 Å². The van der Waals surface area contributed by atoms with E-state index in [4.69, 9.17) is 0 Å². The molecule has 0 aliphatic carbocycles. The first-order chi connectivity index (χ1) is 4.33. The lowest BCUT2D eigenvalue weighted by Crippen LogP contribution is -1.99. The molecule has 0 atom stereocenters. The minimum absolute atomic E-state index is 0.361. The predicted octanol–water partition coefficient (Wildman–Crippen LogP) is 0.415. The zero-order chi connectivity index (χ0) is 6.69. The van der Waals surface area contributed by atoms with Crippen molar-refractivity contribution in [1.29, 1.82) is 0 Å². The van der Waals surface area contributed by atoms with Crippen LogP contribution in [0.5, 0.6) is 0 Å². The maximum Gasteiger partial charge on any atom is 0.139 e. The van der Waals surface area contributed by atoms with E-state index in [-0.39, 0.29) is 6.67 Å². The van der Waals surface area contributed by atoms with Crippen LogP contribution in [0.1, 0.15) is 5.56 Å². The van der Waals surface area contributed by atoms with E-state index in [2.05, 4.69) is 0 Å². The molecule has 0 heterocycles. The minimum Gasteiger partial charge on any atom is -0.246 e. The topological polar surface area (TPSA) is 0 Å². The van der Waals surface area contributed by atoms with Crippen molar-refractivity contribution in [3.05, 3.63) is 29.8 Å². The van der Waals surface area contributed by atoms with Crippen LogP contribution in [0, 0.1) is 0 Å². The molecule has 9 heavy (non-hydrogen) atoms. The third kappa shape index (κ3) is 1.56. The lowest BCUT2D eigenvalue weighted by Gasteiger charge is -1.92. The van der Waals surface area contributed by atoms with Crippen molar-refractivity contribution in [3.8, 4) is 0 Å². The molecule has 0 radical (unpaired) electrons. The summed E-state index contributed by atoms with van der Waals surface area (Å²) in [7, 11) is 1.99. The lowest BCUT2D eigenvalue weighted by atomic mass is 9.96. The zero-order valence-electron chi connectivity index (χ0n) is 5.39. The molecule has 0 amide bonds. The van der Waals surface area contributed by atoms with Crippen LogP contribution in [-0.2, 0) is 6.67 Å². The standard InChI is InChI=1S/C7H8BF/c8-7-3-1-6(5-9)2-4-7/h1-4H,5,8H2. The van der Waals surface area contributed by atoms with Gasteiger partial charge in [0, 0.05) is 0 Å². The lowest BCUT2D eigenvalue weighted by molar-refractivity contribution is 0.485. The van der Waals surface area contributed by atoms with Gasteiger partial charge < -0.3 is 0 Å². The van der Waals surface area contributed by atoms with Crippen LogP contribution in [-0.4, -0.2) is 7.85 Å². The smallest absolute Gasteiger partial charge is 0.139 e. The normalized spacial score (nSPS) is 9.44. The molecule has 0 saturated heterocycles. The Morgan fingerprint density at radius 2 is 1.78 bits per heavy atom. The molecule has 0 nitrogen and oxygen atoms in total. The van der Waals surface area contributed by atoms with Crippen LogP contribution >= 0.6 is 0 Å². The maximum atomic E-state index is 11.9. The Kier molecular flexibility index (Phi) is 1.88. The molecule has 46 valence electrons. The van der Waals surface area contributed by atoms with Gasteiger partial charge in [0.1, 0.15) is 14.5 Å². The van der Waals surface area contributed by atoms with E-state index >= 15 is 0 Å². The Labute approximate surface area is 55.1 Å². The molecule has 0 N–H and O–H groups in total. The fourth-order valence-electron chi connectivity index (χ4n) is 0.677. The minimum atomic E-state index is -0.361. The van der Waals surface area contributed by atoms with Gasteiger partial charge in [-0.25, -0.2) is 4.39 Å². The molecule has 0 fully saturated rings. The summed E-state index contributed by atoms with van der Waals surface area (Å²) in [5, 5.41) is 0. The summed E-state index contributed by atoms with van der Waals surface area (Å²) in [6.45, 7) is -0.361. The third-order valence-electron chi connectivity index (χ3n) is 1.27. The summed E-state index contributed by atoms with van der Waals surface area (Å²) in [5.74, 6) is 0. The highest BCUT2D eigenvalue weighted by atomic mass is 19.1. The molecule has 1 aromatic carbocycles. The molecule has 0 bridgehead atoms. The Morgan fingerprint density at radius 1 is 1.22 bits per heavy atom. The van der Waals surface area contributed by atoms with Gasteiger partial charge in [-0.15, -0.1) is 0 Å². The Morgan fingerprint density at radius 3 is 2.22 bits per heavy atom. The van der Waals surface area contributed by atoms with E-state index in [1.165, 1.54) is 5.46 Å². The monoisotopic (exact) mass is 122 g/mol. The van der Waals surface area contributed by atoms with Crippen molar-refractivity contribution < 1.29 is 4.39 Å². The second-order valence-electron chi connectivity index (χ2n) is 2.12. The first kappa shape index (κ1) is 6.34. The number of hydrogen-bond donors (Lipinski definition) is 0. The second kappa shape index (κ2) is 2.67. The molecule has 0 aromatic heterocycles. The van der Waals surface area contributed by atoms with Gasteiger partial charge in [-0.3, -0.25) is 0 Å². The fraction of sp³-hybridized carbons (Fsp3) is 0.143. The molecule has 0 aliphatic heterocycles. The summed E-state index contributed by atoms with van der Waals surface area (Å²) >= 11 is 0. The summed E-state index contributed by atoms with van der Waals surface area (Å²) in [6.07, 6.45) is 0. The quantitative estimate of drug-likeness (QED) is 0.473. The number of alkyl halides is 1. The summed E-state index contributed by atoms with van der Waals surface area (Å²) in [4.78, 5) is 0.